The number of morpholine rings is 1. The Kier molecular flexibility index (Phi) is 4.44. The number of nitrogens with one attached hydrogen (secondary N) is 1. The smallest absolute Gasteiger partial charge is 0.252 e. The molecule has 1 aliphatic carbocycles. The maximum Gasteiger partial charge on any atom is 0.252 e. The van der Waals surface area contributed by atoms with E-state index in [1.165, 1.54) is 5.56 Å². The number of aromatic amines is 1. The number of anilines is 2. The van der Waals surface area contributed by atoms with Crippen molar-refractivity contribution < 1.29 is 9.53 Å². The molecule has 4 heterocycles. The van der Waals surface area contributed by atoms with Gasteiger partial charge in [0.15, 0.2) is 11.6 Å². The molecule has 4 aromatic rings. The minimum atomic E-state index is -0.393. The van der Waals surface area contributed by atoms with Crippen LogP contribution < -0.4 is 9.80 Å². The second kappa shape index (κ2) is 7.55. The summed E-state index contributed by atoms with van der Waals surface area (Å²) in [6, 6.07) is 13.6. The molecule has 1 saturated heterocycles. The monoisotopic (exact) mass is 471 g/mol. The molecule has 34 heavy (non-hydrogen) atoms. The van der Waals surface area contributed by atoms with Crippen molar-refractivity contribution in [2.24, 2.45) is 0 Å². The molecule has 3 aliphatic rings. The maximum absolute atomic E-state index is 13.8. The van der Waals surface area contributed by atoms with Gasteiger partial charge in [0.2, 0.25) is 0 Å². The van der Waals surface area contributed by atoms with Gasteiger partial charge in [-0.15, -0.1) is 0 Å². The third-order valence-corrected chi connectivity index (χ3v) is 7.47. The molecule has 2 atom stereocenters. The number of nitrogens with zero attached hydrogens (tertiary/aromatic N) is 4. The fourth-order valence-corrected chi connectivity index (χ4v) is 5.82. The molecule has 2 aromatic carbocycles. The van der Waals surface area contributed by atoms with Gasteiger partial charge in [0.05, 0.1) is 25.5 Å². The number of carbonyl (C=O) groups excluding carboxylic acids is 1. The number of halogens is 1. The zero-order valence-electron chi connectivity index (χ0n) is 18.4. The van der Waals surface area contributed by atoms with Crippen LogP contribution in [0.25, 0.3) is 22.3 Å². The first kappa shape index (κ1) is 20.0. The van der Waals surface area contributed by atoms with Crippen molar-refractivity contribution in [3.63, 3.8) is 0 Å². The molecular formula is C26H22ClN5O2. The predicted molar refractivity (Wildman–Crippen MR) is 131 cm³/mol. The number of ether oxygens (including phenoxy) is 1. The van der Waals surface area contributed by atoms with Gasteiger partial charge in [-0.25, -0.2) is 9.97 Å². The summed E-state index contributed by atoms with van der Waals surface area (Å²) in [6.07, 6.45) is 5.50. The van der Waals surface area contributed by atoms with Crippen LogP contribution in [-0.4, -0.2) is 46.7 Å². The number of rotatable bonds is 2. The van der Waals surface area contributed by atoms with E-state index in [0.29, 0.717) is 30.6 Å². The Balaban J connectivity index is 1.40. The molecule has 1 fully saturated rings. The largest absolute Gasteiger partial charge is 0.377 e. The first-order chi connectivity index (χ1) is 16.7. The van der Waals surface area contributed by atoms with E-state index in [-0.39, 0.29) is 11.9 Å². The van der Waals surface area contributed by atoms with Crippen molar-refractivity contribution in [2.45, 2.75) is 24.9 Å². The van der Waals surface area contributed by atoms with Crippen LogP contribution >= 0.6 is 11.6 Å². The van der Waals surface area contributed by atoms with Crippen molar-refractivity contribution in [3.8, 4) is 11.4 Å². The average Bonchev–Trinajstić information content (AvgIpc) is 3.51. The lowest BCUT2D eigenvalue weighted by Gasteiger charge is -2.45. The zero-order chi connectivity index (χ0) is 22.8. The number of carbonyl (C=O) groups is 1. The Labute approximate surface area is 201 Å². The molecule has 0 saturated carbocycles. The van der Waals surface area contributed by atoms with E-state index < -0.39 is 6.04 Å². The number of hydrogen-bond donors (Lipinski definition) is 1. The summed E-state index contributed by atoms with van der Waals surface area (Å²) in [5, 5.41) is 1.76. The second-order valence-corrected chi connectivity index (χ2v) is 9.47. The standard InChI is InChI=1S/C26H22ClN5O2/c27-16-6-4-15-5-7-21(19(15)12-16)32-22-13-29-24(18-2-1-3-20-17(18)8-9-28-20)30-25(22)31-10-11-34-14-23(31)26(32)33/h1-4,6,8-9,12-13,21,23,28H,5,7,10-11,14H2. The van der Waals surface area contributed by atoms with Crippen LogP contribution in [0.1, 0.15) is 23.6 Å². The van der Waals surface area contributed by atoms with Crippen LogP contribution in [0.15, 0.2) is 54.9 Å². The topological polar surface area (TPSA) is 74.3 Å². The van der Waals surface area contributed by atoms with Crippen molar-refractivity contribution in [1.29, 1.82) is 0 Å². The first-order valence-electron chi connectivity index (χ1n) is 11.6. The highest BCUT2D eigenvalue weighted by molar-refractivity contribution is 6.30. The summed E-state index contributed by atoms with van der Waals surface area (Å²) in [7, 11) is 0. The molecule has 2 aliphatic heterocycles. The maximum atomic E-state index is 13.8. The van der Waals surface area contributed by atoms with Gasteiger partial charge in [-0.3, -0.25) is 9.69 Å². The minimum absolute atomic E-state index is 0.0362. The van der Waals surface area contributed by atoms with Crippen LogP contribution in [0, 0.1) is 0 Å². The van der Waals surface area contributed by atoms with Crippen LogP contribution in [0.3, 0.4) is 0 Å². The molecule has 0 bridgehead atoms. The van der Waals surface area contributed by atoms with Crippen molar-refractivity contribution in [2.75, 3.05) is 29.6 Å². The lowest BCUT2D eigenvalue weighted by atomic mass is 10.0. The van der Waals surface area contributed by atoms with Crippen LogP contribution in [-0.2, 0) is 16.0 Å². The SMILES string of the molecule is O=C1C2COCCN2c2nc(-c3cccc4[nH]ccc34)ncc2N1C1CCc2ccc(Cl)cc21. The third kappa shape index (κ3) is 2.90. The molecule has 7 nitrogen and oxygen atoms in total. The van der Waals surface area contributed by atoms with Gasteiger partial charge >= 0.3 is 0 Å². The number of H-pyrrole nitrogens is 1. The summed E-state index contributed by atoms with van der Waals surface area (Å²) in [6.45, 7) is 1.55. The van der Waals surface area contributed by atoms with Gasteiger partial charge in [0.1, 0.15) is 11.7 Å². The summed E-state index contributed by atoms with van der Waals surface area (Å²) in [5.41, 5.74) is 5.11. The van der Waals surface area contributed by atoms with Gasteiger partial charge in [-0.2, -0.15) is 0 Å². The summed E-state index contributed by atoms with van der Waals surface area (Å²) >= 11 is 6.34. The Morgan fingerprint density at radius 2 is 2.09 bits per heavy atom. The van der Waals surface area contributed by atoms with E-state index in [4.69, 9.17) is 26.3 Å². The molecule has 1 N–H and O–H groups in total. The molecule has 7 rings (SSSR count). The molecular weight excluding hydrogens is 450 g/mol. The quantitative estimate of drug-likeness (QED) is 0.465. The molecule has 2 unspecified atom stereocenters. The van der Waals surface area contributed by atoms with Crippen LogP contribution in [0.2, 0.25) is 5.02 Å². The average molecular weight is 472 g/mol. The van der Waals surface area contributed by atoms with Gasteiger partial charge in [-0.1, -0.05) is 29.8 Å². The first-order valence-corrected chi connectivity index (χ1v) is 12.0. The molecule has 0 spiro atoms. The highest BCUT2D eigenvalue weighted by atomic mass is 35.5. The van der Waals surface area contributed by atoms with Gasteiger partial charge < -0.3 is 14.6 Å². The summed E-state index contributed by atoms with van der Waals surface area (Å²) < 4.78 is 5.73. The molecule has 2 aromatic heterocycles. The van der Waals surface area contributed by atoms with Crippen molar-refractivity contribution in [1.82, 2.24) is 15.0 Å². The Hall–Kier alpha value is -3.42. The second-order valence-electron chi connectivity index (χ2n) is 9.04. The summed E-state index contributed by atoms with van der Waals surface area (Å²) in [4.78, 5) is 30.9. The fraction of sp³-hybridized carbons (Fsp3) is 0.269. The highest BCUT2D eigenvalue weighted by Gasteiger charge is 2.45. The van der Waals surface area contributed by atoms with Crippen LogP contribution in [0.4, 0.5) is 11.5 Å². The van der Waals surface area contributed by atoms with E-state index in [9.17, 15) is 4.79 Å². The number of aryl methyl sites for hydroxylation is 1. The molecule has 0 radical (unpaired) electrons. The lowest BCUT2D eigenvalue weighted by Crippen LogP contribution is -2.59. The third-order valence-electron chi connectivity index (χ3n) is 7.23. The highest BCUT2D eigenvalue weighted by Crippen LogP contribution is 2.46. The Morgan fingerprint density at radius 3 is 3.03 bits per heavy atom. The number of fused-ring (bicyclic) bond motifs is 5. The molecule has 170 valence electrons. The number of aromatic nitrogens is 3. The predicted octanol–water partition coefficient (Wildman–Crippen LogP) is 4.52. The van der Waals surface area contributed by atoms with E-state index in [1.807, 2.05) is 53.7 Å². The van der Waals surface area contributed by atoms with Crippen molar-refractivity contribution in [3.05, 3.63) is 71.0 Å². The Morgan fingerprint density at radius 1 is 1.15 bits per heavy atom. The normalized spacial score (nSPS) is 21.5. The van der Waals surface area contributed by atoms with Crippen LogP contribution in [0.5, 0.6) is 0 Å². The van der Waals surface area contributed by atoms with E-state index in [0.717, 1.165) is 46.4 Å². The summed E-state index contributed by atoms with van der Waals surface area (Å²) in [5.74, 6) is 1.48. The zero-order valence-corrected chi connectivity index (χ0v) is 19.1. The van der Waals surface area contributed by atoms with E-state index in [2.05, 4.69) is 16.0 Å². The number of benzene rings is 2. The fourth-order valence-electron chi connectivity index (χ4n) is 5.64. The Bertz CT molecular complexity index is 1450. The van der Waals surface area contributed by atoms with Gasteiger partial charge in [-0.05, 0) is 48.2 Å². The van der Waals surface area contributed by atoms with Gasteiger partial charge in [0.25, 0.3) is 5.91 Å². The molecule has 8 heteroatoms. The lowest BCUT2D eigenvalue weighted by molar-refractivity contribution is -0.123. The number of amides is 1. The molecule has 1 amide bonds. The van der Waals surface area contributed by atoms with Crippen molar-refractivity contribution >= 4 is 39.9 Å². The van der Waals surface area contributed by atoms with E-state index >= 15 is 0 Å². The number of hydrogen-bond acceptors (Lipinski definition) is 5. The van der Waals surface area contributed by atoms with E-state index in [1.54, 1.807) is 0 Å². The van der Waals surface area contributed by atoms with Gasteiger partial charge in [0, 0.05) is 34.2 Å². The minimum Gasteiger partial charge on any atom is -0.377 e.